The Bertz CT molecular complexity index is 383. The SMILES string of the molecule is Bc1ccc(CC(C)C/C=C/C(C)C)cc1Cl. The highest BCUT2D eigenvalue weighted by atomic mass is 35.5. The van der Waals surface area contributed by atoms with Crippen molar-refractivity contribution in [2.45, 2.75) is 33.6 Å². The third-order valence-electron chi connectivity index (χ3n) is 2.88. The van der Waals surface area contributed by atoms with Gasteiger partial charge in [-0.1, -0.05) is 62.1 Å². The van der Waals surface area contributed by atoms with Crippen LogP contribution in [0.1, 0.15) is 32.8 Å². The summed E-state index contributed by atoms with van der Waals surface area (Å²) in [5.74, 6) is 1.32. The first-order valence-electron chi connectivity index (χ1n) is 6.40. The third-order valence-corrected chi connectivity index (χ3v) is 3.29. The fourth-order valence-electron chi connectivity index (χ4n) is 1.83. The van der Waals surface area contributed by atoms with Crippen molar-refractivity contribution in [3.63, 3.8) is 0 Å². The predicted octanol–water partition coefficient (Wildman–Crippen LogP) is 3.38. The zero-order chi connectivity index (χ0) is 12.8. The summed E-state index contributed by atoms with van der Waals surface area (Å²) in [5, 5.41) is 0.882. The maximum absolute atomic E-state index is 6.13. The van der Waals surface area contributed by atoms with Crippen LogP contribution in [0.25, 0.3) is 0 Å². The van der Waals surface area contributed by atoms with Crippen LogP contribution in [0.4, 0.5) is 0 Å². The maximum Gasteiger partial charge on any atom is 0.141 e. The second-order valence-corrected chi connectivity index (χ2v) is 5.71. The zero-order valence-corrected chi connectivity index (χ0v) is 12.1. The van der Waals surface area contributed by atoms with E-state index < -0.39 is 0 Å². The second-order valence-electron chi connectivity index (χ2n) is 5.30. The van der Waals surface area contributed by atoms with Crippen molar-refractivity contribution in [3.8, 4) is 0 Å². The molecule has 0 aliphatic heterocycles. The minimum absolute atomic E-state index is 0.649. The quantitative estimate of drug-likeness (QED) is 0.554. The Balaban J connectivity index is 2.50. The van der Waals surface area contributed by atoms with Crippen LogP contribution in [0.3, 0.4) is 0 Å². The van der Waals surface area contributed by atoms with Gasteiger partial charge in [0.1, 0.15) is 7.85 Å². The van der Waals surface area contributed by atoms with Crippen molar-refractivity contribution in [2.24, 2.45) is 11.8 Å². The third kappa shape index (κ3) is 5.45. The first kappa shape index (κ1) is 14.4. The van der Waals surface area contributed by atoms with Crippen LogP contribution in [0.15, 0.2) is 30.4 Å². The summed E-state index contributed by atoms with van der Waals surface area (Å²) in [7, 11) is 2.04. The number of hydrogen-bond donors (Lipinski definition) is 0. The molecule has 1 aromatic carbocycles. The van der Waals surface area contributed by atoms with Crippen molar-refractivity contribution in [1.82, 2.24) is 0 Å². The summed E-state index contributed by atoms with van der Waals surface area (Å²) in [6, 6.07) is 6.39. The molecular formula is C15H22BCl. The molecule has 1 atom stereocenters. The molecule has 0 bridgehead atoms. The van der Waals surface area contributed by atoms with E-state index in [-0.39, 0.29) is 0 Å². The van der Waals surface area contributed by atoms with Gasteiger partial charge in [0.25, 0.3) is 0 Å². The van der Waals surface area contributed by atoms with Gasteiger partial charge in [-0.25, -0.2) is 0 Å². The Hall–Kier alpha value is -0.685. The van der Waals surface area contributed by atoms with Crippen LogP contribution in [0.5, 0.6) is 0 Å². The van der Waals surface area contributed by atoms with E-state index in [0.717, 1.165) is 23.3 Å². The molecule has 0 heterocycles. The van der Waals surface area contributed by atoms with Gasteiger partial charge in [-0.05, 0) is 36.3 Å². The normalized spacial score (nSPS) is 13.5. The maximum atomic E-state index is 6.13. The Morgan fingerprint density at radius 1 is 1.29 bits per heavy atom. The van der Waals surface area contributed by atoms with Crippen LogP contribution < -0.4 is 5.46 Å². The summed E-state index contributed by atoms with van der Waals surface area (Å²) < 4.78 is 0. The monoisotopic (exact) mass is 248 g/mol. The number of benzene rings is 1. The lowest BCUT2D eigenvalue weighted by Gasteiger charge is -2.10. The van der Waals surface area contributed by atoms with E-state index in [0.29, 0.717) is 11.8 Å². The summed E-state index contributed by atoms with van der Waals surface area (Å²) in [5.41, 5.74) is 2.49. The Morgan fingerprint density at radius 3 is 2.59 bits per heavy atom. The van der Waals surface area contributed by atoms with Crippen molar-refractivity contribution in [2.75, 3.05) is 0 Å². The van der Waals surface area contributed by atoms with Crippen LogP contribution >= 0.6 is 11.6 Å². The van der Waals surface area contributed by atoms with Crippen LogP contribution in [0, 0.1) is 11.8 Å². The average Bonchev–Trinajstić information content (AvgIpc) is 2.23. The number of halogens is 1. The second kappa shape index (κ2) is 6.91. The molecule has 0 fully saturated rings. The average molecular weight is 249 g/mol. The fraction of sp³-hybridized carbons (Fsp3) is 0.467. The number of hydrogen-bond acceptors (Lipinski definition) is 0. The summed E-state index contributed by atoms with van der Waals surface area (Å²) in [6.45, 7) is 6.71. The smallest absolute Gasteiger partial charge is 0.0880 e. The first-order valence-corrected chi connectivity index (χ1v) is 6.78. The molecule has 0 spiro atoms. The Morgan fingerprint density at radius 2 is 2.00 bits per heavy atom. The van der Waals surface area contributed by atoms with Crippen molar-refractivity contribution in [1.29, 1.82) is 0 Å². The molecule has 0 N–H and O–H groups in total. The minimum atomic E-state index is 0.649. The van der Waals surface area contributed by atoms with Crippen LogP contribution in [-0.2, 0) is 6.42 Å². The van der Waals surface area contributed by atoms with Gasteiger partial charge in [0.05, 0.1) is 0 Å². The molecule has 2 heteroatoms. The lowest BCUT2D eigenvalue weighted by atomic mass is 9.92. The molecule has 92 valence electrons. The van der Waals surface area contributed by atoms with Crippen molar-refractivity contribution < 1.29 is 0 Å². The van der Waals surface area contributed by atoms with Gasteiger partial charge < -0.3 is 0 Å². The van der Waals surface area contributed by atoms with E-state index in [1.54, 1.807) is 0 Å². The van der Waals surface area contributed by atoms with Crippen LogP contribution in [-0.4, -0.2) is 7.85 Å². The molecule has 0 aromatic heterocycles. The molecule has 0 aliphatic rings. The molecule has 1 aromatic rings. The molecule has 17 heavy (non-hydrogen) atoms. The number of allylic oxidation sites excluding steroid dienone is 2. The van der Waals surface area contributed by atoms with Gasteiger partial charge in [0, 0.05) is 5.02 Å². The van der Waals surface area contributed by atoms with E-state index in [9.17, 15) is 0 Å². The molecule has 0 amide bonds. The van der Waals surface area contributed by atoms with E-state index in [1.807, 2.05) is 7.85 Å². The largest absolute Gasteiger partial charge is 0.141 e. The van der Waals surface area contributed by atoms with Crippen LogP contribution in [0.2, 0.25) is 5.02 Å². The van der Waals surface area contributed by atoms with E-state index in [2.05, 4.69) is 51.1 Å². The lowest BCUT2D eigenvalue weighted by molar-refractivity contribution is 0.587. The molecular weight excluding hydrogens is 226 g/mol. The Labute approximate surface area is 111 Å². The van der Waals surface area contributed by atoms with Gasteiger partial charge in [-0.3, -0.25) is 0 Å². The molecule has 0 radical (unpaired) electrons. The fourth-order valence-corrected chi connectivity index (χ4v) is 2.04. The topological polar surface area (TPSA) is 0 Å². The summed E-state index contributed by atoms with van der Waals surface area (Å²) in [4.78, 5) is 0. The van der Waals surface area contributed by atoms with Gasteiger partial charge >= 0.3 is 0 Å². The standard InChI is InChI=1S/C15H22BCl/c1-11(2)5-4-6-12(3)9-13-7-8-14(16)15(17)10-13/h4-5,7-8,10-12H,6,9,16H2,1-3H3/b5-4+. The Kier molecular flexibility index (Phi) is 5.84. The summed E-state index contributed by atoms with van der Waals surface area (Å²) in [6.07, 6.45) is 6.82. The summed E-state index contributed by atoms with van der Waals surface area (Å²) >= 11 is 6.13. The molecule has 0 nitrogen and oxygen atoms in total. The lowest BCUT2D eigenvalue weighted by Crippen LogP contribution is -2.05. The minimum Gasteiger partial charge on any atom is -0.0880 e. The van der Waals surface area contributed by atoms with Gasteiger partial charge in [0.15, 0.2) is 0 Å². The first-order chi connectivity index (χ1) is 7.99. The highest BCUT2D eigenvalue weighted by molar-refractivity contribution is 6.45. The van der Waals surface area contributed by atoms with Gasteiger partial charge in [0.2, 0.25) is 0 Å². The molecule has 0 saturated carbocycles. The highest BCUT2D eigenvalue weighted by Crippen LogP contribution is 2.15. The van der Waals surface area contributed by atoms with Crippen molar-refractivity contribution in [3.05, 3.63) is 40.9 Å². The molecule has 0 aliphatic carbocycles. The van der Waals surface area contributed by atoms with Gasteiger partial charge in [-0.15, -0.1) is 0 Å². The van der Waals surface area contributed by atoms with E-state index in [4.69, 9.17) is 11.6 Å². The highest BCUT2D eigenvalue weighted by Gasteiger charge is 2.03. The van der Waals surface area contributed by atoms with Crippen molar-refractivity contribution >= 4 is 24.9 Å². The molecule has 0 saturated heterocycles. The predicted molar refractivity (Wildman–Crippen MR) is 81.1 cm³/mol. The van der Waals surface area contributed by atoms with Gasteiger partial charge in [-0.2, -0.15) is 0 Å². The number of rotatable bonds is 5. The van der Waals surface area contributed by atoms with E-state index in [1.165, 1.54) is 5.56 Å². The molecule has 1 unspecified atom stereocenters. The van der Waals surface area contributed by atoms with E-state index >= 15 is 0 Å². The zero-order valence-electron chi connectivity index (χ0n) is 11.3. The molecule has 1 rings (SSSR count).